The smallest absolute Gasteiger partial charge is 0.119 e. The van der Waals surface area contributed by atoms with E-state index in [1.807, 2.05) is 24.4 Å². The van der Waals surface area contributed by atoms with E-state index in [0.717, 1.165) is 25.4 Å². The molecule has 0 radical (unpaired) electrons. The summed E-state index contributed by atoms with van der Waals surface area (Å²) >= 11 is 0. The van der Waals surface area contributed by atoms with Crippen molar-refractivity contribution in [3.05, 3.63) is 30.1 Å². The molecule has 0 saturated heterocycles. The quantitative estimate of drug-likeness (QED) is 0.616. The van der Waals surface area contributed by atoms with Crippen molar-refractivity contribution in [1.82, 2.24) is 4.98 Å². The Hall–Kier alpha value is -0.930. The molecule has 0 spiro atoms. The minimum absolute atomic E-state index is 0.798. The number of hydrogen-bond donors (Lipinski definition) is 1. The maximum absolute atomic E-state index is 4.93. The number of nitrogens with two attached hydrogens (primary N) is 1. The zero-order valence-electron chi connectivity index (χ0n) is 7.36. The third-order valence-corrected chi connectivity index (χ3v) is 1.61. The third-order valence-electron chi connectivity index (χ3n) is 1.61. The first-order chi connectivity index (χ1) is 5.93. The lowest BCUT2D eigenvalue weighted by molar-refractivity contribution is -0.672. The van der Waals surface area contributed by atoms with Gasteiger partial charge in [-0.05, 0) is 12.1 Å². The fraction of sp³-hybridized carbons (Fsp3) is 0.444. The van der Waals surface area contributed by atoms with Crippen LogP contribution in [0.2, 0.25) is 0 Å². The number of ether oxygens (including phenoxy) is 1. The molecular formula is C9H15N2O+. The molecule has 0 saturated carbocycles. The Morgan fingerprint density at radius 3 is 3.08 bits per heavy atom. The van der Waals surface area contributed by atoms with E-state index in [1.54, 1.807) is 7.11 Å². The Kier molecular flexibility index (Phi) is 4.34. The van der Waals surface area contributed by atoms with Crippen LogP contribution in [-0.4, -0.2) is 25.2 Å². The molecule has 1 rings (SSSR count). The number of nitrogens with zero attached hydrogens (tertiary/aromatic N) is 1. The van der Waals surface area contributed by atoms with E-state index in [1.165, 1.54) is 0 Å². The second-order valence-electron chi connectivity index (χ2n) is 2.60. The standard InChI is InChI=1S/C9H14N2O/c1-12-7-6-10-8-9-4-2-3-5-11-9/h2-5,10H,6-8H2,1H3/p+1. The summed E-state index contributed by atoms with van der Waals surface area (Å²) in [6.07, 6.45) is 1.82. The van der Waals surface area contributed by atoms with Gasteiger partial charge in [0.25, 0.3) is 0 Å². The summed E-state index contributed by atoms with van der Waals surface area (Å²) in [6.45, 7) is 2.73. The summed E-state index contributed by atoms with van der Waals surface area (Å²) in [5.41, 5.74) is 1.12. The zero-order valence-corrected chi connectivity index (χ0v) is 7.36. The van der Waals surface area contributed by atoms with Gasteiger partial charge < -0.3 is 10.1 Å². The fourth-order valence-corrected chi connectivity index (χ4v) is 0.970. The van der Waals surface area contributed by atoms with E-state index >= 15 is 0 Å². The molecule has 0 aliphatic rings. The highest BCUT2D eigenvalue weighted by Crippen LogP contribution is 1.88. The maximum Gasteiger partial charge on any atom is 0.119 e. The molecule has 0 unspecified atom stereocenters. The zero-order chi connectivity index (χ0) is 8.65. The number of methoxy groups -OCH3 is 1. The number of aromatic nitrogens is 1. The summed E-state index contributed by atoms with van der Waals surface area (Å²) < 4.78 is 4.93. The molecule has 0 amide bonds. The monoisotopic (exact) mass is 167 g/mol. The van der Waals surface area contributed by atoms with Gasteiger partial charge in [0.05, 0.1) is 18.8 Å². The molecular weight excluding hydrogens is 152 g/mol. The number of hydrogen-bond acceptors (Lipinski definition) is 2. The molecule has 3 nitrogen and oxygen atoms in total. The van der Waals surface area contributed by atoms with Gasteiger partial charge in [0.15, 0.2) is 0 Å². The molecule has 3 heteroatoms. The van der Waals surface area contributed by atoms with Crippen molar-refractivity contribution >= 4 is 0 Å². The van der Waals surface area contributed by atoms with Crippen molar-refractivity contribution < 1.29 is 10.1 Å². The van der Waals surface area contributed by atoms with E-state index in [-0.39, 0.29) is 0 Å². The Labute approximate surface area is 72.8 Å². The van der Waals surface area contributed by atoms with Crippen LogP contribution in [0.5, 0.6) is 0 Å². The van der Waals surface area contributed by atoms with Gasteiger partial charge >= 0.3 is 0 Å². The second kappa shape index (κ2) is 5.69. The van der Waals surface area contributed by atoms with Crippen LogP contribution in [0.15, 0.2) is 24.4 Å². The molecule has 12 heavy (non-hydrogen) atoms. The van der Waals surface area contributed by atoms with Gasteiger partial charge in [0.1, 0.15) is 6.54 Å². The Balaban J connectivity index is 2.16. The van der Waals surface area contributed by atoms with Crippen molar-refractivity contribution in [2.75, 3.05) is 20.3 Å². The van der Waals surface area contributed by atoms with Crippen LogP contribution in [0.3, 0.4) is 0 Å². The largest absolute Gasteiger partial charge is 0.379 e. The molecule has 0 fully saturated rings. The van der Waals surface area contributed by atoms with Crippen LogP contribution < -0.4 is 5.32 Å². The molecule has 0 aromatic carbocycles. The van der Waals surface area contributed by atoms with Gasteiger partial charge in [-0.25, -0.2) is 0 Å². The molecule has 1 heterocycles. The molecule has 1 aromatic heterocycles. The molecule has 1 aromatic rings. The lowest BCUT2D eigenvalue weighted by Crippen LogP contribution is -2.83. The van der Waals surface area contributed by atoms with Gasteiger partial charge in [0.2, 0.25) is 0 Å². The summed E-state index contributed by atoms with van der Waals surface area (Å²) in [6, 6.07) is 5.97. The van der Waals surface area contributed by atoms with Gasteiger partial charge in [0, 0.05) is 13.3 Å². The molecule has 0 atom stereocenters. The number of quaternary nitrogens is 1. The minimum atomic E-state index is 0.798. The first-order valence-electron chi connectivity index (χ1n) is 4.14. The predicted octanol–water partition coefficient (Wildman–Crippen LogP) is -0.209. The SMILES string of the molecule is COCC[NH2+]Cc1ccccn1. The van der Waals surface area contributed by atoms with Gasteiger partial charge in [-0.3, -0.25) is 4.98 Å². The lowest BCUT2D eigenvalue weighted by Gasteiger charge is -1.99. The second-order valence-corrected chi connectivity index (χ2v) is 2.60. The van der Waals surface area contributed by atoms with Gasteiger partial charge in [-0.1, -0.05) is 6.07 Å². The van der Waals surface area contributed by atoms with Crippen LogP contribution >= 0.6 is 0 Å². The van der Waals surface area contributed by atoms with Crippen LogP contribution in [0.25, 0.3) is 0 Å². The Morgan fingerprint density at radius 2 is 2.42 bits per heavy atom. The maximum atomic E-state index is 4.93. The first-order valence-corrected chi connectivity index (χ1v) is 4.14. The normalized spacial score (nSPS) is 10.1. The summed E-state index contributed by atoms with van der Waals surface area (Å²) in [7, 11) is 1.72. The topological polar surface area (TPSA) is 38.7 Å². The highest BCUT2D eigenvalue weighted by atomic mass is 16.5. The van der Waals surface area contributed by atoms with E-state index in [2.05, 4.69) is 10.3 Å². The van der Waals surface area contributed by atoms with Gasteiger partial charge in [-0.2, -0.15) is 0 Å². The summed E-state index contributed by atoms with van der Waals surface area (Å²) in [5, 5.41) is 2.19. The number of rotatable bonds is 5. The highest BCUT2D eigenvalue weighted by molar-refractivity contribution is 5.01. The van der Waals surface area contributed by atoms with Crippen LogP contribution in [0, 0.1) is 0 Å². The minimum Gasteiger partial charge on any atom is -0.379 e. The third kappa shape index (κ3) is 3.46. The summed E-state index contributed by atoms with van der Waals surface area (Å²) in [4.78, 5) is 4.20. The summed E-state index contributed by atoms with van der Waals surface area (Å²) in [5.74, 6) is 0. The van der Waals surface area contributed by atoms with Crippen molar-refractivity contribution in [3.8, 4) is 0 Å². The average Bonchev–Trinajstić information content (AvgIpc) is 2.14. The lowest BCUT2D eigenvalue weighted by atomic mass is 10.3. The van der Waals surface area contributed by atoms with Gasteiger partial charge in [-0.15, -0.1) is 0 Å². The van der Waals surface area contributed by atoms with Crippen molar-refractivity contribution in [2.45, 2.75) is 6.54 Å². The van der Waals surface area contributed by atoms with Crippen molar-refractivity contribution in [3.63, 3.8) is 0 Å². The Morgan fingerprint density at radius 1 is 1.50 bits per heavy atom. The predicted molar refractivity (Wildman–Crippen MR) is 46.6 cm³/mol. The van der Waals surface area contributed by atoms with E-state index < -0.39 is 0 Å². The molecule has 2 N–H and O–H groups in total. The molecule has 0 bridgehead atoms. The average molecular weight is 167 g/mol. The van der Waals surface area contributed by atoms with Crippen molar-refractivity contribution in [2.24, 2.45) is 0 Å². The molecule has 0 aliphatic carbocycles. The highest BCUT2D eigenvalue weighted by Gasteiger charge is 1.93. The molecule has 0 aliphatic heterocycles. The first kappa shape index (κ1) is 9.16. The van der Waals surface area contributed by atoms with Crippen LogP contribution in [-0.2, 0) is 11.3 Å². The van der Waals surface area contributed by atoms with E-state index in [0.29, 0.717) is 0 Å². The fourth-order valence-electron chi connectivity index (χ4n) is 0.970. The molecule has 66 valence electrons. The van der Waals surface area contributed by atoms with E-state index in [9.17, 15) is 0 Å². The van der Waals surface area contributed by atoms with Crippen LogP contribution in [0.4, 0.5) is 0 Å². The van der Waals surface area contributed by atoms with Crippen LogP contribution in [0.1, 0.15) is 5.69 Å². The van der Waals surface area contributed by atoms with Crippen molar-refractivity contribution in [1.29, 1.82) is 0 Å². The Bertz CT molecular complexity index is 201. The van der Waals surface area contributed by atoms with E-state index in [4.69, 9.17) is 4.74 Å². The number of pyridine rings is 1.